The quantitative estimate of drug-likeness (QED) is 0.648. The van der Waals surface area contributed by atoms with Crippen LogP contribution in [0.1, 0.15) is 25.6 Å². The van der Waals surface area contributed by atoms with Crippen molar-refractivity contribution in [2.24, 2.45) is 4.99 Å². The molecule has 1 aliphatic carbocycles. The van der Waals surface area contributed by atoms with E-state index in [4.69, 9.17) is 10.5 Å². The molecule has 2 N–H and O–H groups in total. The molecule has 1 aliphatic heterocycles. The summed E-state index contributed by atoms with van der Waals surface area (Å²) in [6, 6.07) is 0. The van der Waals surface area contributed by atoms with Crippen molar-refractivity contribution in [3.8, 4) is 0 Å². The lowest BCUT2D eigenvalue weighted by molar-refractivity contribution is -0.144. The zero-order valence-electron chi connectivity index (χ0n) is 17.2. The van der Waals surface area contributed by atoms with Crippen LogP contribution in [0.3, 0.4) is 0 Å². The van der Waals surface area contributed by atoms with E-state index in [0.29, 0.717) is 15.8 Å². The summed E-state index contributed by atoms with van der Waals surface area (Å²) < 4.78 is 86.5. The van der Waals surface area contributed by atoms with Gasteiger partial charge in [0.05, 0.1) is 12.5 Å². The van der Waals surface area contributed by atoms with Gasteiger partial charge in [-0.25, -0.2) is 9.97 Å². The molecule has 0 amide bonds. The molecule has 0 saturated heterocycles. The van der Waals surface area contributed by atoms with Crippen LogP contribution in [0.25, 0.3) is 16.8 Å². The van der Waals surface area contributed by atoms with E-state index in [9.17, 15) is 26.3 Å². The molecule has 0 spiro atoms. The number of nitrogens with zero attached hydrogens (tertiary/aromatic N) is 5. The summed E-state index contributed by atoms with van der Waals surface area (Å²) in [6.07, 6.45) is -3.67. The molecule has 2 aliphatic rings. The number of ether oxygens (including phenoxy) is 1. The Hall–Kier alpha value is -3.64. The highest BCUT2D eigenvalue weighted by atomic mass is 19.4. The van der Waals surface area contributed by atoms with Crippen molar-refractivity contribution in [3.63, 3.8) is 0 Å². The molecule has 0 fully saturated rings. The predicted molar refractivity (Wildman–Crippen MR) is 107 cm³/mol. The minimum atomic E-state index is -4.91. The Morgan fingerprint density at radius 2 is 1.82 bits per heavy atom. The number of hydrogen-bond donors (Lipinski definition) is 1. The van der Waals surface area contributed by atoms with Gasteiger partial charge in [-0.1, -0.05) is 12.2 Å². The number of aliphatic imine (C=N–C) groups is 1. The van der Waals surface area contributed by atoms with E-state index >= 15 is 0 Å². The first-order valence-electron chi connectivity index (χ1n) is 9.50. The monoisotopic (exact) mass is 470 g/mol. The van der Waals surface area contributed by atoms with Crippen LogP contribution in [-0.2, 0) is 10.9 Å². The van der Waals surface area contributed by atoms with Gasteiger partial charge in [-0.2, -0.15) is 30.9 Å². The van der Waals surface area contributed by atoms with E-state index in [1.165, 1.54) is 14.0 Å². The van der Waals surface area contributed by atoms with E-state index in [0.717, 1.165) is 6.08 Å². The maximum atomic E-state index is 13.5. The van der Waals surface area contributed by atoms with E-state index in [1.54, 1.807) is 18.2 Å². The molecule has 0 bridgehead atoms. The number of alkyl halides is 6. The molecule has 13 heteroatoms. The van der Waals surface area contributed by atoms with Gasteiger partial charge in [-0.3, -0.25) is 4.99 Å². The molecule has 33 heavy (non-hydrogen) atoms. The van der Waals surface area contributed by atoms with Crippen LogP contribution in [0.2, 0.25) is 0 Å². The van der Waals surface area contributed by atoms with Gasteiger partial charge in [0.25, 0.3) is 5.82 Å². The molecule has 2 aromatic rings. The normalized spacial score (nSPS) is 20.5. The molecule has 3 heterocycles. The van der Waals surface area contributed by atoms with Crippen LogP contribution < -0.4 is 16.3 Å². The van der Waals surface area contributed by atoms with Gasteiger partial charge in [0.2, 0.25) is 5.95 Å². The number of halogens is 6. The van der Waals surface area contributed by atoms with Gasteiger partial charge in [0.15, 0.2) is 5.65 Å². The Balaban J connectivity index is 2.24. The Morgan fingerprint density at radius 1 is 1.09 bits per heavy atom. The van der Waals surface area contributed by atoms with Crippen LogP contribution in [0.5, 0.6) is 0 Å². The van der Waals surface area contributed by atoms with Crippen molar-refractivity contribution in [1.29, 1.82) is 0 Å². The van der Waals surface area contributed by atoms with Crippen molar-refractivity contribution in [2.45, 2.75) is 32.1 Å². The summed E-state index contributed by atoms with van der Waals surface area (Å²) in [7, 11) is 1.39. The number of methoxy groups -OCH3 is 1. The lowest BCUT2D eigenvalue weighted by Crippen LogP contribution is -2.38. The fourth-order valence-corrected chi connectivity index (χ4v) is 3.61. The summed E-state index contributed by atoms with van der Waals surface area (Å²) in [4.78, 5) is 11.4. The molecule has 174 valence electrons. The zero-order valence-corrected chi connectivity index (χ0v) is 17.2. The first-order chi connectivity index (χ1) is 15.4. The third kappa shape index (κ3) is 4.10. The fourth-order valence-electron chi connectivity index (χ4n) is 3.61. The van der Waals surface area contributed by atoms with E-state index < -0.39 is 29.8 Å². The molecular weight excluding hydrogens is 454 g/mol. The van der Waals surface area contributed by atoms with Crippen LogP contribution >= 0.6 is 0 Å². The molecule has 2 aromatic heterocycles. The van der Waals surface area contributed by atoms with Crippen LogP contribution in [-0.4, -0.2) is 38.6 Å². The topological polar surface area (TPSA) is 90.7 Å². The number of allylic oxidation sites excluding steroid dienone is 6. The summed E-state index contributed by atoms with van der Waals surface area (Å²) in [6.45, 7) is 1.39. The summed E-state index contributed by atoms with van der Waals surface area (Å²) in [5, 5.41) is 3.39. The molecule has 0 saturated carbocycles. The third-order valence-electron chi connectivity index (χ3n) is 4.95. The molecule has 4 rings (SSSR count). The second-order valence-electron chi connectivity index (χ2n) is 7.28. The minimum absolute atomic E-state index is 0.0287. The highest BCUT2D eigenvalue weighted by Gasteiger charge is 2.38. The Kier molecular flexibility index (Phi) is 5.29. The highest BCUT2D eigenvalue weighted by molar-refractivity contribution is 5.94. The van der Waals surface area contributed by atoms with Gasteiger partial charge in [0.1, 0.15) is 11.5 Å². The summed E-state index contributed by atoms with van der Waals surface area (Å²) in [5.74, 6) is -1.56. The Morgan fingerprint density at radius 3 is 2.45 bits per heavy atom. The minimum Gasteiger partial charge on any atom is -0.496 e. The van der Waals surface area contributed by atoms with Crippen molar-refractivity contribution < 1.29 is 31.1 Å². The first-order valence-corrected chi connectivity index (χ1v) is 9.50. The largest absolute Gasteiger partial charge is 0.496 e. The number of hydrogen-bond acceptors (Lipinski definition) is 6. The molecule has 0 radical (unpaired) electrons. The number of anilines is 1. The number of aromatic nitrogens is 4. The maximum absolute atomic E-state index is 13.5. The predicted octanol–water partition coefficient (Wildman–Crippen LogP) is 2.83. The fraction of sp³-hybridized carbons (Fsp3) is 0.300. The van der Waals surface area contributed by atoms with Gasteiger partial charge < -0.3 is 10.5 Å². The van der Waals surface area contributed by atoms with Gasteiger partial charge in [-0.15, -0.1) is 5.10 Å². The SMILES string of the molecule is COC1=CC=CCC1=c1nc(N)n2nc(C(F)(F)F)nc2c1=C1C=C(C(F)(F)F)N=C(C)C1. The van der Waals surface area contributed by atoms with Crippen molar-refractivity contribution >= 4 is 28.5 Å². The van der Waals surface area contributed by atoms with Crippen molar-refractivity contribution in [1.82, 2.24) is 19.6 Å². The van der Waals surface area contributed by atoms with E-state index in [2.05, 4.69) is 20.1 Å². The van der Waals surface area contributed by atoms with E-state index in [-0.39, 0.29) is 40.3 Å². The van der Waals surface area contributed by atoms with Gasteiger partial charge in [-0.05, 0) is 31.1 Å². The smallest absolute Gasteiger partial charge is 0.453 e. The van der Waals surface area contributed by atoms with Gasteiger partial charge >= 0.3 is 12.4 Å². The average Bonchev–Trinajstić information content (AvgIpc) is 3.19. The standard InChI is InChI=1S/C20H16F6N6O/c1-9-7-10(8-13(28-9)19(21,22)23)14-15(11-5-3-4-6-12(11)33-2)29-18(27)32-16(14)30-17(31-32)20(24,25)26/h3-4,6,8H,5,7H2,1-2H3,(H2,27,29). The third-order valence-corrected chi connectivity index (χ3v) is 4.95. The summed E-state index contributed by atoms with van der Waals surface area (Å²) in [5.41, 5.74) is 4.91. The van der Waals surface area contributed by atoms with E-state index in [1.807, 2.05) is 0 Å². The van der Waals surface area contributed by atoms with Crippen molar-refractivity contribution in [3.05, 3.63) is 52.2 Å². The molecule has 0 unspecified atom stereocenters. The molecule has 0 aromatic carbocycles. The summed E-state index contributed by atoms with van der Waals surface area (Å²) >= 11 is 0. The number of nitrogens with two attached hydrogens (primary N) is 1. The van der Waals surface area contributed by atoms with Crippen molar-refractivity contribution in [2.75, 3.05) is 12.8 Å². The lowest BCUT2D eigenvalue weighted by Gasteiger charge is -2.17. The lowest BCUT2D eigenvalue weighted by atomic mass is 9.99. The molecule has 0 atom stereocenters. The van der Waals surface area contributed by atoms with Crippen LogP contribution in [0.15, 0.2) is 40.8 Å². The molecule has 7 nitrogen and oxygen atoms in total. The number of nitrogen functional groups attached to an aromatic ring is 1. The highest BCUT2D eigenvalue weighted by Crippen LogP contribution is 2.32. The second kappa shape index (κ2) is 7.74. The Labute approximate surface area is 182 Å². The maximum Gasteiger partial charge on any atom is 0.453 e. The number of fused-ring (bicyclic) bond motifs is 1. The van der Waals surface area contributed by atoms with Gasteiger partial charge in [0, 0.05) is 22.9 Å². The number of rotatable bonds is 1. The van der Waals surface area contributed by atoms with Crippen LogP contribution in [0, 0.1) is 0 Å². The zero-order chi connectivity index (χ0) is 24.1. The molecular formula is C20H16F6N6O. The average molecular weight is 470 g/mol. The Bertz CT molecular complexity index is 1390. The van der Waals surface area contributed by atoms with Crippen LogP contribution in [0.4, 0.5) is 32.3 Å². The first kappa shape index (κ1) is 22.6. The second-order valence-corrected chi connectivity index (χ2v) is 7.28.